The summed E-state index contributed by atoms with van der Waals surface area (Å²) in [6.07, 6.45) is 12.1. The maximum absolute atomic E-state index is 12.1. The quantitative estimate of drug-likeness (QED) is 0.214. The van der Waals surface area contributed by atoms with Gasteiger partial charge >= 0.3 is 0 Å². The van der Waals surface area contributed by atoms with Gasteiger partial charge < -0.3 is 4.90 Å². The van der Waals surface area contributed by atoms with Crippen LogP contribution in [-0.4, -0.2) is 49.3 Å². The number of aliphatic imine (C=N–C) groups is 1. The van der Waals surface area contributed by atoms with Gasteiger partial charge in [0, 0.05) is 55.2 Å². The highest BCUT2D eigenvalue weighted by Gasteiger charge is 2.33. The van der Waals surface area contributed by atoms with Crippen molar-refractivity contribution in [3.05, 3.63) is 126 Å². The molecular formula is C33H37ClN4O2S. The largest absolute Gasteiger partial charge is 0.349 e. The summed E-state index contributed by atoms with van der Waals surface area (Å²) in [4.78, 5) is 11.4. The van der Waals surface area contributed by atoms with E-state index in [1.165, 1.54) is 18.0 Å². The third-order valence-electron chi connectivity index (χ3n) is 7.40. The third-order valence-corrected chi connectivity index (χ3v) is 8.94. The molecule has 2 heterocycles. The van der Waals surface area contributed by atoms with Crippen LogP contribution in [0.2, 0.25) is 5.02 Å². The van der Waals surface area contributed by atoms with Crippen molar-refractivity contribution in [2.45, 2.75) is 25.3 Å². The van der Waals surface area contributed by atoms with Crippen molar-refractivity contribution >= 4 is 39.2 Å². The molecule has 0 aliphatic carbocycles. The molecular weight excluding hydrogens is 552 g/mol. The van der Waals surface area contributed by atoms with Crippen molar-refractivity contribution in [1.82, 2.24) is 9.29 Å². The minimum atomic E-state index is -3.23. The highest BCUT2D eigenvalue weighted by molar-refractivity contribution is 7.88. The summed E-state index contributed by atoms with van der Waals surface area (Å²) < 4.78 is 25.9. The lowest BCUT2D eigenvalue weighted by atomic mass is 9.76. The van der Waals surface area contributed by atoms with E-state index in [1.807, 2.05) is 54.7 Å². The van der Waals surface area contributed by atoms with Crippen LogP contribution in [-0.2, 0) is 16.6 Å². The van der Waals surface area contributed by atoms with E-state index in [1.54, 1.807) is 10.4 Å². The van der Waals surface area contributed by atoms with E-state index in [0.29, 0.717) is 24.7 Å². The Kier molecular flexibility index (Phi) is 10.7. The first-order chi connectivity index (χ1) is 19.8. The number of sulfonamides is 1. The zero-order valence-corrected chi connectivity index (χ0v) is 25.0. The number of rotatable bonds is 12. The van der Waals surface area contributed by atoms with Gasteiger partial charge in [-0.15, -0.1) is 0 Å². The molecule has 1 aromatic heterocycles. The van der Waals surface area contributed by atoms with Crippen LogP contribution in [0.15, 0.2) is 109 Å². The first kappa shape index (κ1) is 30.4. The van der Waals surface area contributed by atoms with Crippen molar-refractivity contribution in [1.29, 1.82) is 0 Å². The normalized spacial score (nSPS) is 16.0. The second-order valence-corrected chi connectivity index (χ2v) is 12.6. The van der Waals surface area contributed by atoms with Gasteiger partial charge in [0.05, 0.1) is 6.26 Å². The molecule has 0 bridgehead atoms. The Hall–Kier alpha value is -3.52. The van der Waals surface area contributed by atoms with E-state index in [4.69, 9.17) is 11.6 Å². The minimum absolute atomic E-state index is 0.0830. The number of piperidine rings is 1. The van der Waals surface area contributed by atoms with Gasteiger partial charge in [-0.05, 0) is 65.8 Å². The number of hydrogen-bond acceptors (Lipinski definition) is 5. The van der Waals surface area contributed by atoms with Crippen LogP contribution in [0.25, 0.3) is 6.08 Å². The molecule has 41 heavy (non-hydrogen) atoms. The number of allylic oxidation sites excluding steroid dienone is 1. The van der Waals surface area contributed by atoms with Crippen LogP contribution >= 0.6 is 11.6 Å². The Balaban J connectivity index is 1.65. The van der Waals surface area contributed by atoms with Crippen LogP contribution in [0.4, 0.5) is 5.82 Å². The molecule has 0 radical (unpaired) electrons. The summed E-state index contributed by atoms with van der Waals surface area (Å²) in [5, 5.41) is 0.644. The molecule has 0 amide bonds. The molecule has 2 aromatic carbocycles. The fraction of sp³-hybridized carbons (Fsp3) is 0.273. The molecule has 0 N–H and O–H groups in total. The van der Waals surface area contributed by atoms with E-state index in [2.05, 4.69) is 58.4 Å². The zero-order chi connectivity index (χ0) is 29.2. The van der Waals surface area contributed by atoms with Gasteiger partial charge in [-0.1, -0.05) is 79.4 Å². The molecule has 1 aliphatic heterocycles. The summed E-state index contributed by atoms with van der Waals surface area (Å²) in [5.74, 6) is 0.997. The average molecular weight is 589 g/mol. The number of pyridine rings is 1. The Morgan fingerprint density at radius 3 is 2.49 bits per heavy atom. The predicted molar refractivity (Wildman–Crippen MR) is 172 cm³/mol. The minimum Gasteiger partial charge on any atom is -0.349 e. The van der Waals surface area contributed by atoms with Crippen molar-refractivity contribution in [2.24, 2.45) is 10.9 Å². The van der Waals surface area contributed by atoms with E-state index < -0.39 is 10.0 Å². The monoisotopic (exact) mass is 588 g/mol. The van der Waals surface area contributed by atoms with Crippen molar-refractivity contribution in [2.75, 3.05) is 30.8 Å². The summed E-state index contributed by atoms with van der Waals surface area (Å²) >= 11 is 6.50. The second-order valence-electron chi connectivity index (χ2n) is 10.1. The molecule has 0 spiro atoms. The number of halogens is 1. The smallest absolute Gasteiger partial charge is 0.211 e. The van der Waals surface area contributed by atoms with Crippen LogP contribution in [0.3, 0.4) is 0 Å². The first-order valence-electron chi connectivity index (χ1n) is 13.7. The lowest BCUT2D eigenvalue weighted by Crippen LogP contribution is -2.40. The van der Waals surface area contributed by atoms with E-state index in [-0.39, 0.29) is 11.8 Å². The van der Waals surface area contributed by atoms with Gasteiger partial charge in [-0.2, -0.15) is 0 Å². The van der Waals surface area contributed by atoms with E-state index in [9.17, 15) is 8.42 Å². The van der Waals surface area contributed by atoms with Crippen molar-refractivity contribution in [3.63, 3.8) is 0 Å². The summed E-state index contributed by atoms with van der Waals surface area (Å²) in [7, 11) is -3.23. The lowest BCUT2D eigenvalue weighted by molar-refractivity contribution is 0.266. The Labute approximate surface area is 249 Å². The van der Waals surface area contributed by atoms with Crippen molar-refractivity contribution < 1.29 is 8.42 Å². The van der Waals surface area contributed by atoms with Crippen LogP contribution in [0.1, 0.15) is 35.4 Å². The first-order valence-corrected chi connectivity index (χ1v) is 15.9. The van der Waals surface area contributed by atoms with Gasteiger partial charge in [-0.3, -0.25) is 4.99 Å². The topological polar surface area (TPSA) is 65.9 Å². The van der Waals surface area contributed by atoms with Crippen LogP contribution in [0.5, 0.6) is 0 Å². The highest BCUT2D eigenvalue weighted by atomic mass is 35.5. The molecule has 6 nitrogen and oxygen atoms in total. The van der Waals surface area contributed by atoms with Crippen molar-refractivity contribution in [3.8, 4) is 0 Å². The highest BCUT2D eigenvalue weighted by Crippen LogP contribution is 2.38. The fourth-order valence-electron chi connectivity index (χ4n) is 5.42. The number of hydrogen-bond donors (Lipinski definition) is 0. The second kappa shape index (κ2) is 14.4. The average Bonchev–Trinajstić information content (AvgIpc) is 2.98. The third kappa shape index (κ3) is 8.26. The SMILES string of the molecule is C=CN=C(C=C)C(c1ccc(Cl)cc1/C=C/CN(Cc1ccccc1)c1ccccn1)C1CCN(S(C)(=O)=O)CC1. The van der Waals surface area contributed by atoms with Gasteiger partial charge in [0.1, 0.15) is 5.82 Å². The molecule has 1 aliphatic rings. The number of nitrogens with zero attached hydrogens (tertiary/aromatic N) is 4. The van der Waals surface area contributed by atoms with Crippen LogP contribution < -0.4 is 4.90 Å². The Bertz CT molecular complexity index is 1480. The van der Waals surface area contributed by atoms with Gasteiger partial charge in [0.15, 0.2) is 0 Å². The summed E-state index contributed by atoms with van der Waals surface area (Å²) in [6.45, 7) is 10.2. The fourth-order valence-corrected chi connectivity index (χ4v) is 6.48. The van der Waals surface area contributed by atoms with E-state index >= 15 is 0 Å². The lowest BCUT2D eigenvalue weighted by Gasteiger charge is -2.36. The molecule has 214 valence electrons. The van der Waals surface area contributed by atoms with Gasteiger partial charge in [0.25, 0.3) is 0 Å². The molecule has 1 saturated heterocycles. The molecule has 1 atom stereocenters. The number of anilines is 1. The van der Waals surface area contributed by atoms with Gasteiger partial charge in [0.2, 0.25) is 10.0 Å². The molecule has 1 unspecified atom stereocenters. The Morgan fingerprint density at radius 2 is 1.85 bits per heavy atom. The molecule has 0 saturated carbocycles. The predicted octanol–water partition coefficient (Wildman–Crippen LogP) is 6.98. The maximum atomic E-state index is 12.1. The zero-order valence-electron chi connectivity index (χ0n) is 23.4. The van der Waals surface area contributed by atoms with E-state index in [0.717, 1.165) is 42.0 Å². The molecule has 3 aromatic rings. The van der Waals surface area contributed by atoms with Crippen LogP contribution in [0, 0.1) is 5.92 Å². The number of aromatic nitrogens is 1. The number of benzene rings is 2. The molecule has 8 heteroatoms. The summed E-state index contributed by atoms with van der Waals surface area (Å²) in [6, 6.07) is 22.2. The molecule has 1 fully saturated rings. The molecule has 4 rings (SSSR count). The standard InChI is InChI=1S/C33H37ClN4O2S/c1-4-31(35-5-2)33(27-18-22-38(23-19-27)41(3,39)40)30-17-16-29(34)24-28(30)14-11-21-37(32-15-9-10-20-36-32)25-26-12-7-6-8-13-26/h4-17,20,24,27,33H,1-2,18-19,21-23,25H2,3H3/b14-11+,35-31?. The van der Waals surface area contributed by atoms with Gasteiger partial charge in [-0.25, -0.2) is 17.7 Å². The summed E-state index contributed by atoms with van der Waals surface area (Å²) in [5.41, 5.74) is 4.09. The Morgan fingerprint density at radius 1 is 1.12 bits per heavy atom. The maximum Gasteiger partial charge on any atom is 0.211 e.